The van der Waals surface area contributed by atoms with Crippen LogP contribution < -0.4 is 0 Å². The van der Waals surface area contributed by atoms with Gasteiger partial charge in [-0.1, -0.05) is 13.3 Å². The Morgan fingerprint density at radius 2 is 1.90 bits per heavy atom. The molecule has 0 atom stereocenters. The molecule has 1 aliphatic carbocycles. The first-order chi connectivity index (χ1) is 4.64. The zero-order valence-electron chi connectivity index (χ0n) is 7.06. The minimum Gasteiger partial charge on any atom is -0.390 e. The summed E-state index contributed by atoms with van der Waals surface area (Å²) in [6.45, 7) is 4.20. The smallest absolute Gasteiger partial charge is 0.0620 e. The van der Waals surface area contributed by atoms with Gasteiger partial charge >= 0.3 is 0 Å². The third-order valence-electron chi connectivity index (χ3n) is 2.76. The molecule has 0 amide bonds. The third-order valence-corrected chi connectivity index (χ3v) is 2.76. The van der Waals surface area contributed by atoms with E-state index in [2.05, 4.69) is 6.92 Å². The molecule has 1 N–H and O–H groups in total. The molecule has 1 fully saturated rings. The van der Waals surface area contributed by atoms with Crippen molar-refractivity contribution in [2.24, 2.45) is 5.92 Å². The maximum atomic E-state index is 9.59. The summed E-state index contributed by atoms with van der Waals surface area (Å²) >= 11 is 0. The first kappa shape index (κ1) is 8.06. The van der Waals surface area contributed by atoms with E-state index in [9.17, 15) is 5.11 Å². The Labute approximate surface area is 63.4 Å². The van der Waals surface area contributed by atoms with Gasteiger partial charge in [0.15, 0.2) is 0 Å². The fraction of sp³-hybridized carbons (Fsp3) is 1.00. The maximum Gasteiger partial charge on any atom is 0.0620 e. The Hall–Kier alpha value is -0.0400. The molecule has 10 heavy (non-hydrogen) atoms. The standard InChI is InChI=1S/C9H18O/c1-3-8-4-6-9(2,10)7-5-8/h8,10H,3-7H2,1-2H3. The van der Waals surface area contributed by atoms with Crippen LogP contribution in [0.3, 0.4) is 0 Å². The molecule has 0 saturated heterocycles. The van der Waals surface area contributed by atoms with E-state index in [-0.39, 0.29) is 5.60 Å². The Morgan fingerprint density at radius 1 is 1.40 bits per heavy atom. The lowest BCUT2D eigenvalue weighted by molar-refractivity contribution is 0.00763. The largest absolute Gasteiger partial charge is 0.390 e. The van der Waals surface area contributed by atoms with Crippen LogP contribution in [-0.2, 0) is 0 Å². The van der Waals surface area contributed by atoms with Crippen molar-refractivity contribution >= 4 is 0 Å². The van der Waals surface area contributed by atoms with E-state index in [0.717, 1.165) is 18.8 Å². The first-order valence-corrected chi connectivity index (χ1v) is 4.36. The highest BCUT2D eigenvalue weighted by Gasteiger charge is 2.27. The molecule has 1 saturated carbocycles. The molecule has 1 rings (SSSR count). The summed E-state index contributed by atoms with van der Waals surface area (Å²) in [7, 11) is 0. The molecule has 0 aromatic rings. The summed E-state index contributed by atoms with van der Waals surface area (Å²) in [6, 6.07) is 0. The molecule has 0 radical (unpaired) electrons. The predicted octanol–water partition coefficient (Wildman–Crippen LogP) is 2.34. The van der Waals surface area contributed by atoms with Crippen LogP contribution in [-0.4, -0.2) is 10.7 Å². The summed E-state index contributed by atoms with van der Waals surface area (Å²) < 4.78 is 0. The molecule has 0 aliphatic heterocycles. The van der Waals surface area contributed by atoms with Crippen molar-refractivity contribution in [1.82, 2.24) is 0 Å². The van der Waals surface area contributed by atoms with E-state index in [0.29, 0.717) is 0 Å². The Bertz CT molecular complexity index is 97.3. The van der Waals surface area contributed by atoms with Crippen LogP contribution in [0.2, 0.25) is 0 Å². The van der Waals surface area contributed by atoms with Crippen molar-refractivity contribution in [2.75, 3.05) is 0 Å². The summed E-state index contributed by atoms with van der Waals surface area (Å²) in [6.07, 6.45) is 5.75. The second kappa shape index (κ2) is 2.91. The molecule has 0 aromatic heterocycles. The summed E-state index contributed by atoms with van der Waals surface area (Å²) in [5, 5.41) is 9.59. The molecule has 1 aliphatic rings. The molecule has 1 heteroatoms. The van der Waals surface area contributed by atoms with Gasteiger partial charge in [-0.2, -0.15) is 0 Å². The lowest BCUT2D eigenvalue weighted by Crippen LogP contribution is -2.30. The number of hydrogen-bond acceptors (Lipinski definition) is 1. The summed E-state index contributed by atoms with van der Waals surface area (Å²) in [4.78, 5) is 0. The molecule has 60 valence electrons. The minimum absolute atomic E-state index is 0.342. The fourth-order valence-corrected chi connectivity index (χ4v) is 1.71. The van der Waals surface area contributed by atoms with Crippen LogP contribution in [0.4, 0.5) is 0 Å². The van der Waals surface area contributed by atoms with Crippen molar-refractivity contribution in [1.29, 1.82) is 0 Å². The Balaban J connectivity index is 2.31. The van der Waals surface area contributed by atoms with Crippen molar-refractivity contribution in [3.8, 4) is 0 Å². The molecule has 0 heterocycles. The van der Waals surface area contributed by atoms with Gasteiger partial charge in [0, 0.05) is 0 Å². The van der Waals surface area contributed by atoms with E-state index in [4.69, 9.17) is 0 Å². The zero-order chi connectivity index (χ0) is 7.61. The van der Waals surface area contributed by atoms with Gasteiger partial charge in [-0.25, -0.2) is 0 Å². The van der Waals surface area contributed by atoms with Crippen molar-refractivity contribution in [3.05, 3.63) is 0 Å². The van der Waals surface area contributed by atoms with E-state index in [1.54, 1.807) is 0 Å². The maximum absolute atomic E-state index is 9.59. The lowest BCUT2D eigenvalue weighted by atomic mass is 9.79. The Kier molecular flexibility index (Phi) is 2.35. The van der Waals surface area contributed by atoms with Gasteiger partial charge in [0.2, 0.25) is 0 Å². The topological polar surface area (TPSA) is 20.2 Å². The van der Waals surface area contributed by atoms with Gasteiger partial charge < -0.3 is 5.11 Å². The number of hydrogen-bond donors (Lipinski definition) is 1. The first-order valence-electron chi connectivity index (χ1n) is 4.36. The minimum atomic E-state index is -0.342. The van der Waals surface area contributed by atoms with Gasteiger partial charge in [0.1, 0.15) is 0 Å². The van der Waals surface area contributed by atoms with Crippen LogP contribution in [0.25, 0.3) is 0 Å². The number of aliphatic hydroxyl groups is 1. The van der Waals surface area contributed by atoms with E-state index < -0.39 is 0 Å². The predicted molar refractivity (Wildman–Crippen MR) is 42.9 cm³/mol. The summed E-state index contributed by atoms with van der Waals surface area (Å²) in [5.41, 5.74) is -0.342. The van der Waals surface area contributed by atoms with E-state index in [1.165, 1.54) is 19.3 Å². The summed E-state index contributed by atoms with van der Waals surface area (Å²) in [5.74, 6) is 0.889. The molecular weight excluding hydrogens is 124 g/mol. The average molecular weight is 142 g/mol. The molecular formula is C9H18O. The zero-order valence-corrected chi connectivity index (χ0v) is 7.06. The monoisotopic (exact) mass is 142 g/mol. The van der Waals surface area contributed by atoms with Crippen LogP contribution in [0.5, 0.6) is 0 Å². The normalized spacial score (nSPS) is 41.7. The molecule has 0 aromatic carbocycles. The molecule has 0 bridgehead atoms. The highest BCUT2D eigenvalue weighted by molar-refractivity contribution is 4.80. The van der Waals surface area contributed by atoms with Crippen molar-refractivity contribution in [2.45, 2.75) is 51.6 Å². The van der Waals surface area contributed by atoms with Crippen molar-refractivity contribution < 1.29 is 5.11 Å². The van der Waals surface area contributed by atoms with Gasteiger partial charge in [0.05, 0.1) is 5.60 Å². The van der Waals surface area contributed by atoms with Crippen LogP contribution in [0.15, 0.2) is 0 Å². The van der Waals surface area contributed by atoms with Crippen LogP contribution in [0, 0.1) is 5.92 Å². The molecule has 1 nitrogen and oxygen atoms in total. The van der Waals surface area contributed by atoms with E-state index in [1.807, 2.05) is 6.92 Å². The number of rotatable bonds is 1. The lowest BCUT2D eigenvalue weighted by Gasteiger charge is -2.32. The van der Waals surface area contributed by atoms with Gasteiger partial charge in [-0.05, 0) is 38.5 Å². The second-order valence-electron chi connectivity index (χ2n) is 3.85. The quantitative estimate of drug-likeness (QED) is 0.595. The molecule has 0 unspecified atom stereocenters. The SMILES string of the molecule is CCC1CCC(C)(O)CC1. The van der Waals surface area contributed by atoms with Gasteiger partial charge in [0.25, 0.3) is 0 Å². The third kappa shape index (κ3) is 1.98. The molecule has 0 spiro atoms. The second-order valence-corrected chi connectivity index (χ2v) is 3.85. The van der Waals surface area contributed by atoms with Crippen molar-refractivity contribution in [3.63, 3.8) is 0 Å². The fourth-order valence-electron chi connectivity index (χ4n) is 1.71. The van der Waals surface area contributed by atoms with Crippen LogP contribution >= 0.6 is 0 Å². The highest BCUT2D eigenvalue weighted by Crippen LogP contribution is 2.32. The van der Waals surface area contributed by atoms with Gasteiger partial charge in [-0.15, -0.1) is 0 Å². The average Bonchev–Trinajstić information content (AvgIpc) is 1.88. The van der Waals surface area contributed by atoms with Crippen LogP contribution in [0.1, 0.15) is 46.0 Å². The Morgan fingerprint density at radius 3 is 2.30 bits per heavy atom. The highest BCUT2D eigenvalue weighted by atomic mass is 16.3. The van der Waals surface area contributed by atoms with E-state index >= 15 is 0 Å². The van der Waals surface area contributed by atoms with Gasteiger partial charge in [-0.3, -0.25) is 0 Å².